The van der Waals surface area contributed by atoms with Crippen LogP contribution in [0.5, 0.6) is 0 Å². The molecule has 0 bridgehead atoms. The maximum absolute atomic E-state index is 11.2. The monoisotopic (exact) mass is 213 g/mol. The van der Waals surface area contributed by atoms with E-state index in [1.54, 1.807) is 27.7 Å². The standard InChI is InChI=1S/C10H15NO4/c1-7(5-6-8(12)13)11-9(14)15-10(2,3)4/h7H,1-4H3,(H,11,14)(H,12,13)/t7-/m1/s1. The summed E-state index contributed by atoms with van der Waals surface area (Å²) in [5.41, 5.74) is -0.579. The van der Waals surface area contributed by atoms with Crippen LogP contribution in [0.4, 0.5) is 4.79 Å². The van der Waals surface area contributed by atoms with Gasteiger partial charge in [0, 0.05) is 5.92 Å². The first kappa shape index (κ1) is 13.3. The normalized spacial score (nSPS) is 12.0. The van der Waals surface area contributed by atoms with Gasteiger partial charge in [-0.1, -0.05) is 5.92 Å². The van der Waals surface area contributed by atoms with E-state index in [2.05, 4.69) is 11.2 Å². The number of ether oxygens (including phenoxy) is 1. The molecular formula is C10H15NO4. The van der Waals surface area contributed by atoms with E-state index in [1.165, 1.54) is 0 Å². The zero-order valence-corrected chi connectivity index (χ0v) is 9.25. The minimum atomic E-state index is -1.23. The van der Waals surface area contributed by atoms with Gasteiger partial charge in [0.25, 0.3) is 0 Å². The van der Waals surface area contributed by atoms with E-state index >= 15 is 0 Å². The minimum Gasteiger partial charge on any atom is -0.472 e. The molecule has 0 rings (SSSR count). The van der Waals surface area contributed by atoms with Crippen LogP contribution in [0.15, 0.2) is 0 Å². The summed E-state index contributed by atoms with van der Waals surface area (Å²) in [6, 6.07) is -0.559. The summed E-state index contributed by atoms with van der Waals surface area (Å²) in [6.07, 6.45) is -0.616. The lowest BCUT2D eigenvalue weighted by Gasteiger charge is -2.20. The smallest absolute Gasteiger partial charge is 0.408 e. The van der Waals surface area contributed by atoms with Crippen molar-refractivity contribution in [1.29, 1.82) is 0 Å². The first-order chi connectivity index (χ1) is 6.70. The SMILES string of the molecule is C[C@H](C#CC(=O)O)NC(=O)OC(C)(C)C. The van der Waals surface area contributed by atoms with Crippen LogP contribution in [0, 0.1) is 11.8 Å². The van der Waals surface area contributed by atoms with Crippen LogP contribution < -0.4 is 5.32 Å². The molecule has 84 valence electrons. The van der Waals surface area contributed by atoms with Gasteiger partial charge in [0.2, 0.25) is 0 Å². The van der Waals surface area contributed by atoms with Gasteiger partial charge in [0.1, 0.15) is 5.60 Å². The highest BCUT2D eigenvalue weighted by Gasteiger charge is 2.16. The van der Waals surface area contributed by atoms with Crippen molar-refractivity contribution in [2.45, 2.75) is 39.3 Å². The van der Waals surface area contributed by atoms with Crippen molar-refractivity contribution in [3.8, 4) is 11.8 Å². The number of carboxylic acid groups (broad SMARTS) is 1. The molecule has 0 aliphatic rings. The van der Waals surface area contributed by atoms with Crippen molar-refractivity contribution in [3.63, 3.8) is 0 Å². The van der Waals surface area contributed by atoms with Crippen molar-refractivity contribution in [3.05, 3.63) is 0 Å². The third-order valence-corrected chi connectivity index (χ3v) is 1.13. The number of aliphatic carboxylic acids is 1. The summed E-state index contributed by atoms with van der Waals surface area (Å²) in [5.74, 6) is 3.02. The van der Waals surface area contributed by atoms with Gasteiger partial charge >= 0.3 is 12.1 Å². The van der Waals surface area contributed by atoms with E-state index in [4.69, 9.17) is 9.84 Å². The molecule has 0 aliphatic carbocycles. The third kappa shape index (κ3) is 8.63. The van der Waals surface area contributed by atoms with E-state index in [0.29, 0.717) is 0 Å². The maximum atomic E-state index is 11.2. The molecular weight excluding hydrogens is 198 g/mol. The first-order valence-electron chi connectivity index (χ1n) is 4.44. The molecule has 0 aliphatic heterocycles. The Morgan fingerprint density at radius 2 is 1.93 bits per heavy atom. The Bertz CT molecular complexity index is 306. The molecule has 0 unspecified atom stereocenters. The summed E-state index contributed by atoms with van der Waals surface area (Å²) in [4.78, 5) is 21.3. The second-order valence-electron chi connectivity index (χ2n) is 3.94. The minimum absolute atomic E-state index is 0.559. The topological polar surface area (TPSA) is 75.6 Å². The molecule has 5 heteroatoms. The van der Waals surface area contributed by atoms with Gasteiger partial charge in [-0.05, 0) is 27.7 Å². The van der Waals surface area contributed by atoms with Crippen LogP contribution in [0.25, 0.3) is 0 Å². The number of alkyl carbamates (subject to hydrolysis) is 1. The van der Waals surface area contributed by atoms with E-state index in [-0.39, 0.29) is 0 Å². The summed E-state index contributed by atoms with van der Waals surface area (Å²) in [7, 11) is 0. The molecule has 0 aromatic carbocycles. The molecule has 0 saturated carbocycles. The van der Waals surface area contributed by atoms with Crippen molar-refractivity contribution >= 4 is 12.1 Å². The highest BCUT2D eigenvalue weighted by molar-refractivity contribution is 5.86. The lowest BCUT2D eigenvalue weighted by molar-refractivity contribution is -0.130. The number of amides is 1. The largest absolute Gasteiger partial charge is 0.472 e. The molecule has 0 saturated heterocycles. The van der Waals surface area contributed by atoms with E-state index < -0.39 is 23.7 Å². The number of hydrogen-bond donors (Lipinski definition) is 2. The Kier molecular flexibility index (Phi) is 4.65. The van der Waals surface area contributed by atoms with Gasteiger partial charge in [-0.25, -0.2) is 9.59 Å². The summed E-state index contributed by atoms with van der Waals surface area (Å²) in [5, 5.41) is 10.7. The molecule has 15 heavy (non-hydrogen) atoms. The molecule has 1 atom stereocenters. The Labute approximate surface area is 88.8 Å². The van der Waals surface area contributed by atoms with Crippen molar-refractivity contribution in [2.75, 3.05) is 0 Å². The van der Waals surface area contributed by atoms with E-state index in [1.807, 2.05) is 5.92 Å². The Hall–Kier alpha value is -1.70. The van der Waals surface area contributed by atoms with Crippen LogP contribution in [-0.4, -0.2) is 28.8 Å². The molecule has 0 heterocycles. The fraction of sp³-hybridized carbons (Fsp3) is 0.600. The zero-order valence-electron chi connectivity index (χ0n) is 9.25. The van der Waals surface area contributed by atoms with Gasteiger partial charge in [0.15, 0.2) is 0 Å². The highest BCUT2D eigenvalue weighted by atomic mass is 16.6. The molecule has 0 radical (unpaired) electrons. The third-order valence-electron chi connectivity index (χ3n) is 1.13. The summed E-state index contributed by atoms with van der Waals surface area (Å²) >= 11 is 0. The van der Waals surface area contributed by atoms with Crippen LogP contribution in [0.1, 0.15) is 27.7 Å². The quantitative estimate of drug-likeness (QED) is 0.637. The van der Waals surface area contributed by atoms with Crippen molar-refractivity contribution in [1.82, 2.24) is 5.32 Å². The van der Waals surface area contributed by atoms with Crippen LogP contribution >= 0.6 is 0 Å². The number of hydrogen-bond acceptors (Lipinski definition) is 3. The number of carboxylic acids is 1. The average molecular weight is 213 g/mol. The lowest BCUT2D eigenvalue weighted by atomic mass is 10.2. The van der Waals surface area contributed by atoms with Crippen molar-refractivity contribution < 1.29 is 19.4 Å². The fourth-order valence-corrected chi connectivity index (χ4v) is 0.690. The van der Waals surface area contributed by atoms with Crippen LogP contribution in [-0.2, 0) is 9.53 Å². The zero-order chi connectivity index (χ0) is 12.1. The van der Waals surface area contributed by atoms with Crippen LogP contribution in [0.3, 0.4) is 0 Å². The van der Waals surface area contributed by atoms with Gasteiger partial charge in [0.05, 0.1) is 6.04 Å². The average Bonchev–Trinajstić information content (AvgIpc) is 1.96. The predicted molar refractivity (Wildman–Crippen MR) is 54.2 cm³/mol. The summed E-state index contributed by atoms with van der Waals surface area (Å²) < 4.78 is 4.95. The number of carbonyl (C=O) groups is 2. The second-order valence-corrected chi connectivity index (χ2v) is 3.94. The molecule has 0 spiro atoms. The Balaban J connectivity index is 4.10. The Morgan fingerprint density at radius 1 is 1.40 bits per heavy atom. The Morgan fingerprint density at radius 3 is 2.33 bits per heavy atom. The first-order valence-corrected chi connectivity index (χ1v) is 4.44. The lowest BCUT2D eigenvalue weighted by Crippen LogP contribution is -2.37. The molecule has 1 amide bonds. The van der Waals surface area contributed by atoms with Gasteiger partial charge in [-0.3, -0.25) is 0 Å². The molecule has 0 fully saturated rings. The number of rotatable bonds is 1. The van der Waals surface area contributed by atoms with Gasteiger partial charge < -0.3 is 15.2 Å². The maximum Gasteiger partial charge on any atom is 0.408 e. The van der Waals surface area contributed by atoms with Gasteiger partial charge in [-0.2, -0.15) is 0 Å². The second kappa shape index (κ2) is 5.25. The highest BCUT2D eigenvalue weighted by Crippen LogP contribution is 2.06. The van der Waals surface area contributed by atoms with Crippen molar-refractivity contribution in [2.24, 2.45) is 0 Å². The number of carbonyl (C=O) groups excluding carboxylic acids is 1. The van der Waals surface area contributed by atoms with Crippen LogP contribution in [0.2, 0.25) is 0 Å². The molecule has 5 nitrogen and oxygen atoms in total. The molecule has 2 N–H and O–H groups in total. The van der Waals surface area contributed by atoms with Gasteiger partial charge in [-0.15, -0.1) is 0 Å². The fourth-order valence-electron chi connectivity index (χ4n) is 0.690. The number of nitrogens with one attached hydrogen (secondary N) is 1. The van der Waals surface area contributed by atoms with E-state index in [0.717, 1.165) is 0 Å². The summed E-state index contributed by atoms with van der Waals surface area (Å²) in [6.45, 7) is 6.78. The predicted octanol–water partition coefficient (Wildman–Crippen LogP) is 0.988. The molecule has 0 aromatic rings. The molecule has 0 aromatic heterocycles. The van der Waals surface area contributed by atoms with E-state index in [9.17, 15) is 9.59 Å².